The highest BCUT2D eigenvalue weighted by Gasteiger charge is 2.15. The second kappa shape index (κ2) is 9.16. The third-order valence-electron chi connectivity index (χ3n) is 4.72. The second-order valence-electron chi connectivity index (χ2n) is 6.64. The summed E-state index contributed by atoms with van der Waals surface area (Å²) in [5.74, 6) is -0.171. The Morgan fingerprint density at radius 1 is 0.900 bits per heavy atom. The van der Waals surface area contributed by atoms with Crippen LogP contribution < -0.4 is 5.32 Å². The zero-order valence-electron chi connectivity index (χ0n) is 16.3. The topological polar surface area (TPSA) is 42.0 Å². The Labute approximate surface area is 185 Å². The number of halogens is 1. The summed E-state index contributed by atoms with van der Waals surface area (Å²) in [4.78, 5) is 18.6. The Morgan fingerprint density at radius 3 is 2.43 bits per heavy atom. The molecule has 1 amide bonds. The van der Waals surface area contributed by atoms with Crippen molar-refractivity contribution in [3.63, 3.8) is 0 Å². The normalized spacial score (nSPS) is 10.6. The van der Waals surface area contributed by atoms with E-state index in [1.807, 2.05) is 73.0 Å². The predicted octanol–water partition coefficient (Wildman–Crippen LogP) is 7.04. The Kier molecular flexibility index (Phi) is 6.17. The van der Waals surface area contributed by atoms with Crippen LogP contribution in [0.5, 0.6) is 0 Å². The van der Waals surface area contributed by atoms with Gasteiger partial charge in [0.1, 0.15) is 0 Å². The fraction of sp³-hybridized carbons (Fsp3) is 0.0400. The lowest BCUT2D eigenvalue weighted by Gasteiger charge is -2.13. The summed E-state index contributed by atoms with van der Waals surface area (Å²) in [5.41, 5.74) is 4.72. The van der Waals surface area contributed by atoms with E-state index in [4.69, 9.17) is 11.6 Å². The summed E-state index contributed by atoms with van der Waals surface area (Å²) in [7, 11) is 0. The molecule has 1 N–H and O–H groups in total. The van der Waals surface area contributed by atoms with Crippen molar-refractivity contribution in [3.8, 4) is 22.4 Å². The minimum Gasteiger partial charge on any atom is -0.322 e. The van der Waals surface area contributed by atoms with Crippen molar-refractivity contribution in [1.29, 1.82) is 0 Å². The molecule has 30 heavy (non-hydrogen) atoms. The first kappa shape index (κ1) is 20.2. The van der Waals surface area contributed by atoms with Gasteiger partial charge in [-0.15, -0.1) is 11.8 Å². The second-order valence-corrected chi connectivity index (χ2v) is 7.93. The van der Waals surface area contributed by atoms with Crippen molar-refractivity contribution < 1.29 is 4.79 Å². The maximum Gasteiger partial charge on any atom is 0.256 e. The summed E-state index contributed by atoms with van der Waals surface area (Å²) in [5, 5.41) is 3.60. The standard InChI is InChI=1S/C25H19ClN2OS/c1-30-19-11-12-20(21(16-19)17-7-3-2-4-8-17)25(29)28-18-10-13-23(26)22(15-18)24-9-5-6-14-27-24/h2-16H,1H3,(H,28,29). The molecule has 3 nitrogen and oxygen atoms in total. The van der Waals surface area contributed by atoms with Gasteiger partial charge in [-0.25, -0.2) is 0 Å². The summed E-state index contributed by atoms with van der Waals surface area (Å²) in [6.07, 6.45) is 3.74. The van der Waals surface area contributed by atoms with E-state index in [1.165, 1.54) is 0 Å². The smallest absolute Gasteiger partial charge is 0.256 e. The average molecular weight is 431 g/mol. The molecular weight excluding hydrogens is 412 g/mol. The number of carbonyl (C=O) groups is 1. The lowest BCUT2D eigenvalue weighted by atomic mass is 9.99. The van der Waals surface area contributed by atoms with Crippen LogP contribution in [-0.2, 0) is 0 Å². The number of nitrogens with one attached hydrogen (secondary N) is 1. The number of pyridine rings is 1. The zero-order valence-corrected chi connectivity index (χ0v) is 17.9. The summed E-state index contributed by atoms with van der Waals surface area (Å²) in [6.45, 7) is 0. The quantitative estimate of drug-likeness (QED) is 0.345. The van der Waals surface area contributed by atoms with Crippen molar-refractivity contribution >= 4 is 35.0 Å². The molecule has 148 valence electrons. The van der Waals surface area contributed by atoms with Crippen LogP contribution in [-0.4, -0.2) is 17.1 Å². The van der Waals surface area contributed by atoms with Crippen LogP contribution in [0.15, 0.2) is 96.0 Å². The number of hydrogen-bond donors (Lipinski definition) is 1. The van der Waals surface area contributed by atoms with Gasteiger partial charge in [-0.2, -0.15) is 0 Å². The van der Waals surface area contributed by atoms with E-state index in [9.17, 15) is 4.79 Å². The van der Waals surface area contributed by atoms with E-state index < -0.39 is 0 Å². The van der Waals surface area contributed by atoms with Gasteiger partial charge in [0, 0.05) is 27.9 Å². The molecule has 0 saturated carbocycles. The van der Waals surface area contributed by atoms with Gasteiger partial charge < -0.3 is 5.32 Å². The highest BCUT2D eigenvalue weighted by molar-refractivity contribution is 7.98. The largest absolute Gasteiger partial charge is 0.322 e. The third-order valence-corrected chi connectivity index (χ3v) is 5.78. The van der Waals surface area contributed by atoms with Crippen molar-refractivity contribution in [2.24, 2.45) is 0 Å². The first-order chi connectivity index (χ1) is 14.7. The molecule has 0 aliphatic carbocycles. The first-order valence-corrected chi connectivity index (χ1v) is 11.0. The van der Waals surface area contributed by atoms with Crippen LogP contribution >= 0.6 is 23.4 Å². The molecular formula is C25H19ClN2OS. The van der Waals surface area contributed by atoms with Gasteiger partial charge in [-0.05, 0) is 65.9 Å². The van der Waals surface area contributed by atoms with Crippen LogP contribution in [0.4, 0.5) is 5.69 Å². The van der Waals surface area contributed by atoms with Gasteiger partial charge in [0.2, 0.25) is 0 Å². The Bertz CT molecular complexity index is 1180. The first-order valence-electron chi connectivity index (χ1n) is 9.41. The SMILES string of the molecule is CSc1ccc(C(=O)Nc2ccc(Cl)c(-c3ccccn3)c2)c(-c2ccccc2)c1. The molecule has 0 unspecified atom stereocenters. The number of benzene rings is 3. The molecule has 0 radical (unpaired) electrons. The van der Waals surface area contributed by atoms with Gasteiger partial charge in [0.15, 0.2) is 0 Å². The fourth-order valence-electron chi connectivity index (χ4n) is 3.22. The molecule has 4 aromatic rings. The van der Waals surface area contributed by atoms with Gasteiger partial charge in [0.25, 0.3) is 5.91 Å². The molecule has 0 saturated heterocycles. The van der Waals surface area contributed by atoms with Crippen LogP contribution in [0.25, 0.3) is 22.4 Å². The molecule has 5 heteroatoms. The van der Waals surface area contributed by atoms with E-state index in [0.29, 0.717) is 16.3 Å². The summed E-state index contributed by atoms with van der Waals surface area (Å²) in [6, 6.07) is 26.9. The number of anilines is 1. The highest BCUT2D eigenvalue weighted by Crippen LogP contribution is 2.31. The number of rotatable bonds is 5. The zero-order chi connectivity index (χ0) is 20.9. The summed E-state index contributed by atoms with van der Waals surface area (Å²) >= 11 is 8.02. The van der Waals surface area contributed by atoms with Gasteiger partial charge >= 0.3 is 0 Å². The minimum absolute atomic E-state index is 0.171. The van der Waals surface area contributed by atoms with Crippen LogP contribution in [0.1, 0.15) is 10.4 Å². The van der Waals surface area contributed by atoms with Crippen molar-refractivity contribution in [1.82, 2.24) is 4.98 Å². The molecule has 0 aliphatic heterocycles. The van der Waals surface area contributed by atoms with Crippen LogP contribution in [0.3, 0.4) is 0 Å². The molecule has 0 spiro atoms. The molecule has 0 aliphatic rings. The van der Waals surface area contributed by atoms with E-state index in [0.717, 1.165) is 27.3 Å². The van der Waals surface area contributed by atoms with Crippen molar-refractivity contribution in [2.75, 3.05) is 11.6 Å². The average Bonchev–Trinajstić information content (AvgIpc) is 2.81. The number of hydrogen-bond acceptors (Lipinski definition) is 3. The van der Waals surface area contributed by atoms with Crippen LogP contribution in [0, 0.1) is 0 Å². The Morgan fingerprint density at radius 2 is 1.70 bits per heavy atom. The van der Waals surface area contributed by atoms with Gasteiger partial charge in [-0.1, -0.05) is 48.0 Å². The Hall–Kier alpha value is -3.08. The molecule has 1 aromatic heterocycles. The maximum atomic E-state index is 13.2. The summed E-state index contributed by atoms with van der Waals surface area (Å²) < 4.78 is 0. The van der Waals surface area contributed by atoms with E-state index in [-0.39, 0.29) is 5.91 Å². The molecule has 0 fully saturated rings. The molecule has 0 atom stereocenters. The fourth-order valence-corrected chi connectivity index (χ4v) is 3.88. The highest BCUT2D eigenvalue weighted by atomic mass is 35.5. The van der Waals surface area contributed by atoms with E-state index >= 15 is 0 Å². The van der Waals surface area contributed by atoms with Crippen LogP contribution in [0.2, 0.25) is 5.02 Å². The third kappa shape index (κ3) is 4.40. The molecule has 4 rings (SSSR count). The molecule has 0 bridgehead atoms. The number of nitrogens with zero attached hydrogens (tertiary/aromatic N) is 1. The molecule has 3 aromatic carbocycles. The van der Waals surface area contributed by atoms with Gasteiger partial charge in [-0.3, -0.25) is 9.78 Å². The Balaban J connectivity index is 1.68. The van der Waals surface area contributed by atoms with E-state index in [2.05, 4.69) is 16.4 Å². The maximum absolute atomic E-state index is 13.2. The number of aromatic nitrogens is 1. The molecule has 1 heterocycles. The van der Waals surface area contributed by atoms with Crippen molar-refractivity contribution in [2.45, 2.75) is 4.90 Å². The monoisotopic (exact) mass is 430 g/mol. The predicted molar refractivity (Wildman–Crippen MR) is 126 cm³/mol. The minimum atomic E-state index is -0.171. The number of amides is 1. The lowest BCUT2D eigenvalue weighted by Crippen LogP contribution is -2.13. The number of carbonyl (C=O) groups excluding carboxylic acids is 1. The lowest BCUT2D eigenvalue weighted by molar-refractivity contribution is 0.102. The number of thioether (sulfide) groups is 1. The van der Waals surface area contributed by atoms with E-state index in [1.54, 1.807) is 30.1 Å². The van der Waals surface area contributed by atoms with Gasteiger partial charge in [0.05, 0.1) is 10.7 Å². The van der Waals surface area contributed by atoms with Crippen molar-refractivity contribution in [3.05, 3.63) is 102 Å².